The molecule has 0 amide bonds. The molecule has 0 aromatic carbocycles. The minimum Gasteiger partial charge on any atom is -0.143 e. The molecular formula is C40H58S4. The summed E-state index contributed by atoms with van der Waals surface area (Å²) in [6.45, 7) is 4.62. The predicted octanol–water partition coefficient (Wildman–Crippen LogP) is 15.9. The Labute approximate surface area is 286 Å². The van der Waals surface area contributed by atoms with Crippen molar-refractivity contribution < 1.29 is 0 Å². The van der Waals surface area contributed by atoms with Gasteiger partial charge in [-0.1, -0.05) is 135 Å². The lowest BCUT2D eigenvalue weighted by Gasteiger charge is -2.07. The Hall–Kier alpha value is -1.20. The highest BCUT2D eigenvalue weighted by molar-refractivity contribution is 7.28. The average Bonchev–Trinajstić information content (AvgIpc) is 3.86. The van der Waals surface area contributed by atoms with Crippen molar-refractivity contribution in [3.8, 4) is 29.3 Å². The SMILES string of the molecule is CCCCCCCCCCCCc1ccsc1-c1sc(-c2ccc(-c3cccs3)s2)cc1CCCCCCCCCCCC. The van der Waals surface area contributed by atoms with Crippen LogP contribution in [0.2, 0.25) is 0 Å². The summed E-state index contributed by atoms with van der Waals surface area (Å²) in [4.78, 5) is 8.82. The highest BCUT2D eigenvalue weighted by Gasteiger charge is 2.18. The van der Waals surface area contributed by atoms with Crippen molar-refractivity contribution in [2.45, 2.75) is 155 Å². The lowest BCUT2D eigenvalue weighted by Crippen LogP contribution is -1.90. The molecule has 4 rings (SSSR count). The molecule has 4 aromatic rings. The molecule has 0 atom stereocenters. The Morgan fingerprint density at radius 2 is 0.932 bits per heavy atom. The van der Waals surface area contributed by atoms with Crippen molar-refractivity contribution in [2.24, 2.45) is 0 Å². The van der Waals surface area contributed by atoms with Gasteiger partial charge in [-0.2, -0.15) is 0 Å². The van der Waals surface area contributed by atoms with Gasteiger partial charge in [0, 0.05) is 29.3 Å². The van der Waals surface area contributed by atoms with Crippen LogP contribution in [0.5, 0.6) is 0 Å². The largest absolute Gasteiger partial charge is 0.143 e. The summed E-state index contributed by atoms with van der Waals surface area (Å²) in [5.74, 6) is 0. The summed E-state index contributed by atoms with van der Waals surface area (Å²) in [5.41, 5.74) is 3.19. The van der Waals surface area contributed by atoms with E-state index in [0.717, 1.165) is 0 Å². The first kappa shape index (κ1) is 35.7. The van der Waals surface area contributed by atoms with Crippen LogP contribution >= 0.6 is 45.3 Å². The van der Waals surface area contributed by atoms with E-state index in [1.54, 1.807) is 20.9 Å². The second-order valence-electron chi connectivity index (χ2n) is 12.7. The minimum absolute atomic E-state index is 1.22. The van der Waals surface area contributed by atoms with Crippen LogP contribution in [-0.4, -0.2) is 0 Å². The summed E-state index contributed by atoms with van der Waals surface area (Å²) in [7, 11) is 0. The molecule has 0 nitrogen and oxygen atoms in total. The zero-order valence-corrected chi connectivity index (χ0v) is 31.1. The second-order valence-corrected chi connectivity index (χ2v) is 16.7. The first-order chi connectivity index (χ1) is 21.8. The third-order valence-electron chi connectivity index (χ3n) is 8.97. The molecule has 0 aliphatic heterocycles. The van der Waals surface area contributed by atoms with E-state index in [1.807, 2.05) is 34.0 Å². The van der Waals surface area contributed by atoms with Crippen LogP contribution in [0.15, 0.2) is 47.2 Å². The van der Waals surface area contributed by atoms with Gasteiger partial charge in [0.05, 0.1) is 0 Å². The van der Waals surface area contributed by atoms with Gasteiger partial charge in [-0.3, -0.25) is 0 Å². The Bertz CT molecular complexity index is 1250. The average molecular weight is 667 g/mol. The lowest BCUT2D eigenvalue weighted by atomic mass is 10.0. The molecule has 4 heterocycles. The third kappa shape index (κ3) is 12.2. The normalized spacial score (nSPS) is 11.6. The topological polar surface area (TPSA) is 0 Å². The molecule has 4 heteroatoms. The molecule has 0 aliphatic rings. The van der Waals surface area contributed by atoms with Crippen molar-refractivity contribution in [3.05, 3.63) is 58.3 Å². The Kier molecular flexibility index (Phi) is 17.5. The fraction of sp³-hybridized carbons (Fsp3) is 0.600. The van der Waals surface area contributed by atoms with Gasteiger partial charge in [0.2, 0.25) is 0 Å². The highest BCUT2D eigenvalue weighted by atomic mass is 32.1. The maximum atomic E-state index is 2.56. The van der Waals surface area contributed by atoms with Crippen molar-refractivity contribution in [2.75, 3.05) is 0 Å². The lowest BCUT2D eigenvalue weighted by molar-refractivity contribution is 0.556. The van der Waals surface area contributed by atoms with Crippen molar-refractivity contribution in [1.82, 2.24) is 0 Å². The molecule has 0 unspecified atom stereocenters. The van der Waals surface area contributed by atoms with Crippen LogP contribution in [0.1, 0.15) is 153 Å². The molecule has 242 valence electrons. The molecule has 44 heavy (non-hydrogen) atoms. The van der Waals surface area contributed by atoms with Gasteiger partial charge in [0.1, 0.15) is 0 Å². The first-order valence-electron chi connectivity index (χ1n) is 18.1. The van der Waals surface area contributed by atoms with E-state index in [1.165, 1.54) is 161 Å². The van der Waals surface area contributed by atoms with Gasteiger partial charge >= 0.3 is 0 Å². The molecule has 0 N–H and O–H groups in total. The Morgan fingerprint density at radius 1 is 0.409 bits per heavy atom. The zero-order valence-electron chi connectivity index (χ0n) is 27.8. The van der Waals surface area contributed by atoms with Gasteiger partial charge < -0.3 is 0 Å². The van der Waals surface area contributed by atoms with Crippen molar-refractivity contribution in [3.63, 3.8) is 0 Å². The smallest absolute Gasteiger partial charge is 0.0484 e. The van der Waals surface area contributed by atoms with Gasteiger partial charge in [-0.05, 0) is 77.9 Å². The van der Waals surface area contributed by atoms with Gasteiger partial charge in [0.15, 0.2) is 0 Å². The molecule has 0 radical (unpaired) electrons. The van der Waals surface area contributed by atoms with E-state index < -0.39 is 0 Å². The molecule has 4 aromatic heterocycles. The van der Waals surface area contributed by atoms with Gasteiger partial charge in [-0.25, -0.2) is 0 Å². The number of rotatable bonds is 25. The molecule has 0 aliphatic carbocycles. The number of hydrogen-bond donors (Lipinski definition) is 0. The zero-order chi connectivity index (χ0) is 30.7. The second kappa shape index (κ2) is 21.6. The van der Waals surface area contributed by atoms with Crippen LogP contribution in [0.4, 0.5) is 0 Å². The summed E-state index contributed by atoms with van der Waals surface area (Å²) < 4.78 is 0. The number of unbranched alkanes of at least 4 members (excludes halogenated alkanes) is 18. The van der Waals surface area contributed by atoms with Crippen LogP contribution < -0.4 is 0 Å². The van der Waals surface area contributed by atoms with Crippen LogP contribution in [0, 0.1) is 0 Å². The van der Waals surface area contributed by atoms with E-state index >= 15 is 0 Å². The molecule has 0 saturated carbocycles. The van der Waals surface area contributed by atoms with Crippen LogP contribution in [-0.2, 0) is 12.8 Å². The van der Waals surface area contributed by atoms with Crippen LogP contribution in [0.3, 0.4) is 0 Å². The fourth-order valence-electron chi connectivity index (χ4n) is 6.29. The number of thiophene rings is 4. The molecule has 0 spiro atoms. The molecule has 0 fully saturated rings. The van der Waals surface area contributed by atoms with E-state index in [4.69, 9.17) is 0 Å². The highest BCUT2D eigenvalue weighted by Crippen LogP contribution is 2.46. The summed E-state index contributed by atoms with van der Waals surface area (Å²) in [6, 6.07) is 14.1. The Morgan fingerprint density at radius 3 is 1.48 bits per heavy atom. The van der Waals surface area contributed by atoms with Gasteiger partial charge in [0.25, 0.3) is 0 Å². The van der Waals surface area contributed by atoms with Crippen molar-refractivity contribution in [1.29, 1.82) is 0 Å². The maximum absolute atomic E-state index is 2.56. The van der Waals surface area contributed by atoms with Crippen molar-refractivity contribution >= 4 is 45.3 Å². The molecular weight excluding hydrogens is 609 g/mol. The van der Waals surface area contributed by atoms with E-state index in [-0.39, 0.29) is 0 Å². The third-order valence-corrected chi connectivity index (χ3v) is 13.6. The fourth-order valence-corrected chi connectivity index (χ4v) is 10.6. The van der Waals surface area contributed by atoms with Crippen LogP contribution in [0.25, 0.3) is 29.3 Å². The monoisotopic (exact) mass is 666 g/mol. The summed E-state index contributed by atoms with van der Waals surface area (Å²) in [6.07, 6.45) is 30.5. The Balaban J connectivity index is 1.32. The minimum atomic E-state index is 1.22. The number of hydrogen-bond acceptors (Lipinski definition) is 4. The molecule has 0 bridgehead atoms. The summed E-state index contributed by atoms with van der Waals surface area (Å²) >= 11 is 7.86. The maximum Gasteiger partial charge on any atom is 0.0484 e. The quantitative estimate of drug-likeness (QED) is 0.0618. The first-order valence-corrected chi connectivity index (χ1v) is 21.5. The van der Waals surface area contributed by atoms with E-state index in [0.29, 0.717) is 0 Å². The van der Waals surface area contributed by atoms with Gasteiger partial charge in [-0.15, -0.1) is 45.3 Å². The summed E-state index contributed by atoms with van der Waals surface area (Å²) in [5, 5.41) is 4.54. The van der Waals surface area contributed by atoms with E-state index in [9.17, 15) is 0 Å². The predicted molar refractivity (Wildman–Crippen MR) is 205 cm³/mol. The van der Waals surface area contributed by atoms with E-state index in [2.05, 4.69) is 72.3 Å². The molecule has 0 saturated heterocycles. The number of aryl methyl sites for hydroxylation is 2. The standard InChI is InChI=1S/C40H58S4/c1-3-5-7-9-11-13-15-17-19-21-24-33-29-31-42-39(33)40-34(25-22-20-18-16-14-12-10-8-6-4-2)32-38(44-40)37-28-27-36(43-37)35-26-23-30-41-35/h23,26-32H,3-22,24-25H2,1-2H3.